The van der Waals surface area contributed by atoms with E-state index < -0.39 is 5.25 Å². The minimum atomic E-state index is -0.580. The van der Waals surface area contributed by atoms with Crippen LogP contribution in [0.2, 0.25) is 5.02 Å². The number of rotatable bonds is 8. The molecule has 1 heterocycles. The molecule has 0 aliphatic carbocycles. The molecule has 1 aliphatic heterocycles. The highest BCUT2D eigenvalue weighted by Crippen LogP contribution is 2.30. The Morgan fingerprint density at radius 3 is 2.69 bits per heavy atom. The third-order valence-corrected chi connectivity index (χ3v) is 5.63. The van der Waals surface area contributed by atoms with Crippen LogP contribution in [0.5, 0.6) is 5.75 Å². The number of hydrogen-bond donors (Lipinski definition) is 1. The molecule has 0 saturated carbocycles. The van der Waals surface area contributed by atoms with Crippen molar-refractivity contribution in [2.45, 2.75) is 25.0 Å². The van der Waals surface area contributed by atoms with Gasteiger partial charge in [-0.3, -0.25) is 14.4 Å². The molecule has 2 aromatic carbocycles. The fourth-order valence-corrected chi connectivity index (χ4v) is 3.98. The molecule has 1 atom stereocenters. The van der Waals surface area contributed by atoms with Crippen LogP contribution in [0, 0.1) is 0 Å². The van der Waals surface area contributed by atoms with Crippen molar-refractivity contribution in [3.8, 4) is 5.75 Å². The van der Waals surface area contributed by atoms with Gasteiger partial charge in [-0.05, 0) is 48.9 Å². The number of carbonyl (C=O) groups excluding carboxylic acids is 3. The van der Waals surface area contributed by atoms with E-state index in [0.717, 1.165) is 18.2 Å². The lowest BCUT2D eigenvalue weighted by Crippen LogP contribution is -2.31. The average molecular weight is 433 g/mol. The van der Waals surface area contributed by atoms with E-state index in [1.165, 1.54) is 4.90 Å². The van der Waals surface area contributed by atoms with Gasteiger partial charge in [-0.15, -0.1) is 11.8 Å². The van der Waals surface area contributed by atoms with Crippen LogP contribution in [0.25, 0.3) is 0 Å². The van der Waals surface area contributed by atoms with Crippen LogP contribution in [0.1, 0.15) is 19.8 Å². The molecule has 1 unspecified atom stereocenters. The third kappa shape index (κ3) is 5.52. The van der Waals surface area contributed by atoms with Gasteiger partial charge < -0.3 is 10.1 Å². The highest BCUT2D eigenvalue weighted by atomic mass is 35.5. The second-order valence-corrected chi connectivity index (χ2v) is 8.10. The summed E-state index contributed by atoms with van der Waals surface area (Å²) in [6.45, 7) is 2.62. The molecule has 2 aromatic rings. The number of hydrogen-bond acceptors (Lipinski definition) is 5. The smallest absolute Gasteiger partial charge is 0.247 e. The zero-order valence-corrected chi connectivity index (χ0v) is 17.5. The van der Waals surface area contributed by atoms with Crippen LogP contribution in [-0.2, 0) is 14.4 Å². The Balaban J connectivity index is 1.56. The molecule has 1 fully saturated rings. The van der Waals surface area contributed by atoms with Crippen molar-refractivity contribution < 1.29 is 19.1 Å². The van der Waals surface area contributed by atoms with Crippen LogP contribution in [-0.4, -0.2) is 35.3 Å². The largest absolute Gasteiger partial charge is 0.494 e. The number of halogens is 1. The number of amides is 3. The lowest BCUT2D eigenvalue weighted by molar-refractivity contribution is -0.121. The Kier molecular flexibility index (Phi) is 7.17. The lowest BCUT2D eigenvalue weighted by Gasteiger charge is -2.15. The fourth-order valence-electron chi connectivity index (χ4n) is 2.86. The fraction of sp³-hybridized carbons (Fsp3) is 0.286. The van der Waals surface area contributed by atoms with Crippen molar-refractivity contribution in [3.05, 3.63) is 53.6 Å². The van der Waals surface area contributed by atoms with Crippen molar-refractivity contribution in [2.75, 3.05) is 22.6 Å². The van der Waals surface area contributed by atoms with Gasteiger partial charge >= 0.3 is 0 Å². The normalized spacial score (nSPS) is 16.2. The standard InChI is InChI=1S/C21H21ClN2O4S/c1-2-10-28-17-8-6-16(7-9-17)24-20(26)12-18(21(24)27)29-13-19(25)23-15-5-3-4-14(22)11-15/h3-9,11,18H,2,10,12-13H2,1H3,(H,23,25). The van der Waals surface area contributed by atoms with E-state index in [1.807, 2.05) is 6.92 Å². The molecule has 6 nitrogen and oxygen atoms in total. The monoisotopic (exact) mass is 432 g/mol. The zero-order chi connectivity index (χ0) is 20.8. The molecular formula is C21H21ClN2O4S. The zero-order valence-electron chi connectivity index (χ0n) is 15.9. The van der Waals surface area contributed by atoms with Gasteiger partial charge in [0.1, 0.15) is 5.75 Å². The van der Waals surface area contributed by atoms with E-state index >= 15 is 0 Å². The molecule has 1 N–H and O–H groups in total. The number of thioether (sulfide) groups is 1. The Labute approximate surface area is 178 Å². The van der Waals surface area contributed by atoms with Gasteiger partial charge in [0.2, 0.25) is 17.7 Å². The Hall–Kier alpha value is -2.51. The van der Waals surface area contributed by atoms with Gasteiger partial charge in [-0.2, -0.15) is 0 Å². The van der Waals surface area contributed by atoms with Crippen molar-refractivity contribution >= 4 is 52.5 Å². The highest BCUT2D eigenvalue weighted by molar-refractivity contribution is 8.01. The number of imide groups is 1. The molecule has 152 valence electrons. The Bertz CT molecular complexity index is 904. The van der Waals surface area contributed by atoms with Crippen LogP contribution in [0.3, 0.4) is 0 Å². The van der Waals surface area contributed by atoms with Crippen LogP contribution < -0.4 is 15.0 Å². The quantitative estimate of drug-likeness (QED) is 0.634. The number of ether oxygens (including phenoxy) is 1. The van der Waals surface area contributed by atoms with E-state index in [0.29, 0.717) is 28.8 Å². The van der Waals surface area contributed by atoms with Gasteiger partial charge in [0, 0.05) is 17.1 Å². The molecule has 0 spiro atoms. The summed E-state index contributed by atoms with van der Waals surface area (Å²) in [7, 11) is 0. The summed E-state index contributed by atoms with van der Waals surface area (Å²) in [5.41, 5.74) is 1.10. The summed E-state index contributed by atoms with van der Waals surface area (Å²) in [5, 5.41) is 2.67. The van der Waals surface area contributed by atoms with E-state index in [9.17, 15) is 14.4 Å². The number of anilines is 2. The van der Waals surface area contributed by atoms with Crippen molar-refractivity contribution in [1.29, 1.82) is 0 Å². The molecule has 3 amide bonds. The van der Waals surface area contributed by atoms with Crippen LogP contribution in [0.15, 0.2) is 48.5 Å². The molecular weight excluding hydrogens is 412 g/mol. The number of carbonyl (C=O) groups is 3. The molecule has 8 heteroatoms. The minimum absolute atomic E-state index is 0.0633. The van der Waals surface area contributed by atoms with Crippen LogP contribution in [0.4, 0.5) is 11.4 Å². The first-order chi connectivity index (χ1) is 14.0. The summed E-state index contributed by atoms with van der Waals surface area (Å²) in [4.78, 5) is 38.4. The Morgan fingerprint density at radius 1 is 1.24 bits per heavy atom. The van der Waals surface area contributed by atoms with E-state index in [2.05, 4.69) is 5.32 Å². The number of nitrogens with zero attached hydrogens (tertiary/aromatic N) is 1. The molecule has 29 heavy (non-hydrogen) atoms. The van der Waals surface area contributed by atoms with Gasteiger partial charge in [0.15, 0.2) is 0 Å². The van der Waals surface area contributed by atoms with E-state index in [-0.39, 0.29) is 29.9 Å². The maximum Gasteiger partial charge on any atom is 0.247 e. The summed E-state index contributed by atoms with van der Waals surface area (Å²) in [6.07, 6.45) is 0.969. The van der Waals surface area contributed by atoms with Crippen molar-refractivity contribution in [2.24, 2.45) is 0 Å². The molecule has 3 rings (SSSR count). The first-order valence-corrected chi connectivity index (χ1v) is 10.7. The maximum absolute atomic E-state index is 12.7. The van der Waals surface area contributed by atoms with Gasteiger partial charge in [0.05, 0.1) is 23.3 Å². The van der Waals surface area contributed by atoms with Crippen LogP contribution >= 0.6 is 23.4 Å². The maximum atomic E-state index is 12.7. The summed E-state index contributed by atoms with van der Waals surface area (Å²) < 4.78 is 5.52. The predicted octanol–water partition coefficient (Wildman–Crippen LogP) is 4.13. The number of benzene rings is 2. The Morgan fingerprint density at radius 2 is 2.00 bits per heavy atom. The molecule has 1 aliphatic rings. The first kappa shape index (κ1) is 21.2. The predicted molar refractivity (Wildman–Crippen MR) is 116 cm³/mol. The second-order valence-electron chi connectivity index (χ2n) is 6.47. The summed E-state index contributed by atoms with van der Waals surface area (Å²) >= 11 is 7.06. The molecule has 0 radical (unpaired) electrons. The van der Waals surface area contributed by atoms with Crippen molar-refractivity contribution in [3.63, 3.8) is 0 Å². The topological polar surface area (TPSA) is 75.7 Å². The van der Waals surface area contributed by atoms with Gasteiger partial charge in [-0.1, -0.05) is 24.6 Å². The van der Waals surface area contributed by atoms with Gasteiger partial charge in [0.25, 0.3) is 0 Å². The summed E-state index contributed by atoms with van der Waals surface area (Å²) in [5.74, 6) is -0.0807. The minimum Gasteiger partial charge on any atom is -0.494 e. The molecule has 0 bridgehead atoms. The molecule has 1 saturated heterocycles. The third-order valence-electron chi connectivity index (χ3n) is 4.20. The lowest BCUT2D eigenvalue weighted by atomic mass is 10.3. The highest BCUT2D eigenvalue weighted by Gasteiger charge is 2.40. The second kappa shape index (κ2) is 9.80. The first-order valence-electron chi connectivity index (χ1n) is 9.24. The summed E-state index contributed by atoms with van der Waals surface area (Å²) in [6, 6.07) is 13.7. The van der Waals surface area contributed by atoms with Gasteiger partial charge in [-0.25, -0.2) is 4.90 Å². The van der Waals surface area contributed by atoms with E-state index in [4.69, 9.17) is 16.3 Å². The number of nitrogens with one attached hydrogen (secondary N) is 1. The SMILES string of the molecule is CCCOc1ccc(N2C(=O)CC(SCC(=O)Nc3cccc(Cl)c3)C2=O)cc1. The molecule has 0 aromatic heterocycles. The average Bonchev–Trinajstić information content (AvgIpc) is 2.98. The van der Waals surface area contributed by atoms with Crippen molar-refractivity contribution in [1.82, 2.24) is 0 Å². The van der Waals surface area contributed by atoms with E-state index in [1.54, 1.807) is 48.5 Å².